The van der Waals surface area contributed by atoms with Gasteiger partial charge >= 0.3 is 11.9 Å². The molecule has 0 radical (unpaired) electrons. The minimum Gasteiger partial charge on any atom is -0.497 e. The molecule has 0 atom stereocenters. The van der Waals surface area contributed by atoms with E-state index >= 15 is 0 Å². The van der Waals surface area contributed by atoms with Crippen LogP contribution >= 0.6 is 0 Å². The molecule has 0 amide bonds. The Morgan fingerprint density at radius 3 is 1.31 bits per heavy atom. The molecule has 0 aliphatic heterocycles. The third-order valence-electron chi connectivity index (χ3n) is 5.01. The first-order valence-corrected chi connectivity index (χ1v) is 11.1. The minimum atomic E-state index is -0.410. The fourth-order valence-electron chi connectivity index (χ4n) is 3.40. The number of methoxy groups -OCH3 is 3. The van der Waals surface area contributed by atoms with Crippen LogP contribution in [-0.4, -0.2) is 33.3 Å². The van der Waals surface area contributed by atoms with Gasteiger partial charge in [0.2, 0.25) is 0 Å². The van der Waals surface area contributed by atoms with Crippen LogP contribution in [0.4, 0.5) is 0 Å². The van der Waals surface area contributed by atoms with E-state index in [1.54, 1.807) is 31.4 Å². The molecule has 0 unspecified atom stereocenters. The molecule has 0 saturated carbocycles. The number of carbonyl (C=O) groups is 2. The smallest absolute Gasteiger partial charge is 0.308 e. The highest BCUT2D eigenvalue weighted by molar-refractivity contribution is 5.77. The molecular weight excluding hydrogens is 460 g/mol. The maximum absolute atomic E-state index is 11.3. The van der Waals surface area contributed by atoms with Crippen LogP contribution in [0.5, 0.6) is 28.7 Å². The van der Waals surface area contributed by atoms with Crippen LogP contribution in [-0.2, 0) is 9.59 Å². The van der Waals surface area contributed by atoms with Gasteiger partial charge < -0.3 is 23.7 Å². The van der Waals surface area contributed by atoms with Crippen LogP contribution < -0.4 is 23.7 Å². The highest BCUT2D eigenvalue weighted by Crippen LogP contribution is 2.30. The van der Waals surface area contributed by atoms with Crippen LogP contribution in [0.25, 0.3) is 24.3 Å². The highest BCUT2D eigenvalue weighted by atomic mass is 16.6. The molecule has 0 N–H and O–H groups in total. The van der Waals surface area contributed by atoms with Gasteiger partial charge in [0, 0.05) is 13.8 Å². The van der Waals surface area contributed by atoms with Gasteiger partial charge in [-0.3, -0.25) is 9.59 Å². The molecule has 186 valence electrons. The Kier molecular flexibility index (Phi) is 8.89. The zero-order chi connectivity index (χ0) is 26.1. The number of carbonyl (C=O) groups excluding carboxylic acids is 2. The highest BCUT2D eigenvalue weighted by Gasteiger charge is 2.08. The van der Waals surface area contributed by atoms with Crippen LogP contribution in [0.1, 0.15) is 36.1 Å². The van der Waals surface area contributed by atoms with Gasteiger partial charge in [0.05, 0.1) is 21.3 Å². The average Bonchev–Trinajstić information content (AvgIpc) is 2.86. The summed E-state index contributed by atoms with van der Waals surface area (Å²) in [7, 11) is 4.67. The van der Waals surface area contributed by atoms with Gasteiger partial charge in [-0.15, -0.1) is 0 Å². The van der Waals surface area contributed by atoms with E-state index in [1.807, 2.05) is 54.6 Å². The third kappa shape index (κ3) is 7.24. The zero-order valence-electron chi connectivity index (χ0n) is 20.9. The minimum absolute atomic E-state index is 0.369. The number of rotatable bonds is 9. The van der Waals surface area contributed by atoms with E-state index in [1.165, 1.54) is 28.1 Å². The fraction of sp³-hybridized carbons (Fsp3) is 0.172. The zero-order valence-corrected chi connectivity index (χ0v) is 20.9. The predicted molar refractivity (Wildman–Crippen MR) is 139 cm³/mol. The van der Waals surface area contributed by atoms with Gasteiger partial charge in [-0.25, -0.2) is 0 Å². The molecule has 0 bridgehead atoms. The second-order valence-electron chi connectivity index (χ2n) is 7.71. The van der Waals surface area contributed by atoms with E-state index in [4.69, 9.17) is 23.7 Å². The molecule has 7 nitrogen and oxygen atoms in total. The lowest BCUT2D eigenvalue weighted by Gasteiger charge is -2.09. The van der Waals surface area contributed by atoms with Gasteiger partial charge in [0.1, 0.15) is 5.75 Å². The summed E-state index contributed by atoms with van der Waals surface area (Å²) in [6, 6.07) is 16.5. The second-order valence-corrected chi connectivity index (χ2v) is 7.71. The van der Waals surface area contributed by atoms with Crippen molar-refractivity contribution in [3.63, 3.8) is 0 Å². The largest absolute Gasteiger partial charge is 0.497 e. The van der Waals surface area contributed by atoms with E-state index in [0.717, 1.165) is 22.3 Å². The molecule has 3 aromatic rings. The van der Waals surface area contributed by atoms with Crippen molar-refractivity contribution in [3.8, 4) is 28.7 Å². The van der Waals surface area contributed by atoms with Gasteiger partial charge in [0.15, 0.2) is 23.0 Å². The lowest BCUT2D eigenvalue weighted by Crippen LogP contribution is -2.02. The Morgan fingerprint density at radius 2 is 0.944 bits per heavy atom. The lowest BCUT2D eigenvalue weighted by atomic mass is 10.1. The molecule has 3 rings (SSSR count). The average molecular weight is 489 g/mol. The molecule has 7 heteroatoms. The molecule has 3 aromatic carbocycles. The molecule has 0 spiro atoms. The van der Waals surface area contributed by atoms with Crippen LogP contribution in [0, 0.1) is 0 Å². The Balaban J connectivity index is 1.84. The van der Waals surface area contributed by atoms with Crippen molar-refractivity contribution in [1.29, 1.82) is 0 Å². The summed E-state index contributed by atoms with van der Waals surface area (Å²) in [5.74, 6) is 1.57. The molecule has 0 saturated heterocycles. The molecule has 0 aliphatic carbocycles. The quantitative estimate of drug-likeness (QED) is 0.211. The predicted octanol–water partition coefficient (Wildman–Crippen LogP) is 5.90. The molecule has 0 aliphatic rings. The molecule has 0 aromatic heterocycles. The lowest BCUT2D eigenvalue weighted by molar-refractivity contribution is -0.132. The van der Waals surface area contributed by atoms with Crippen LogP contribution in [0.3, 0.4) is 0 Å². The van der Waals surface area contributed by atoms with Gasteiger partial charge in [-0.1, -0.05) is 36.4 Å². The van der Waals surface area contributed by atoms with Gasteiger partial charge in [0.25, 0.3) is 0 Å². The standard InChI is InChI=1S/C29H28O7/c1-19(30)35-26-12-10-21(17-28(26)33-4)6-8-23-14-24(16-25(15-23)32-3)9-7-22-11-13-27(36-20(2)31)29(18-22)34-5/h6-18H,1-5H3. The van der Waals surface area contributed by atoms with Crippen molar-refractivity contribution in [2.45, 2.75) is 13.8 Å². The van der Waals surface area contributed by atoms with Crippen molar-refractivity contribution >= 4 is 36.2 Å². The summed E-state index contributed by atoms with van der Waals surface area (Å²) in [5.41, 5.74) is 3.62. The molecule has 0 heterocycles. The number of hydrogen-bond donors (Lipinski definition) is 0. The van der Waals surface area contributed by atoms with Crippen molar-refractivity contribution in [3.05, 3.63) is 76.9 Å². The first kappa shape index (κ1) is 26.1. The Bertz CT molecular complexity index is 1210. The number of esters is 2. The van der Waals surface area contributed by atoms with E-state index in [9.17, 15) is 9.59 Å². The van der Waals surface area contributed by atoms with Crippen molar-refractivity contribution in [2.24, 2.45) is 0 Å². The Morgan fingerprint density at radius 1 is 0.528 bits per heavy atom. The maximum Gasteiger partial charge on any atom is 0.308 e. The van der Waals surface area contributed by atoms with E-state index < -0.39 is 11.9 Å². The maximum atomic E-state index is 11.3. The Hall–Kier alpha value is -4.52. The summed E-state index contributed by atoms with van der Waals surface area (Å²) in [6.45, 7) is 2.69. The summed E-state index contributed by atoms with van der Waals surface area (Å²) in [4.78, 5) is 22.5. The summed E-state index contributed by atoms with van der Waals surface area (Å²) in [6.07, 6.45) is 7.77. The Labute approximate surface area is 210 Å². The summed E-state index contributed by atoms with van der Waals surface area (Å²) in [5, 5.41) is 0. The van der Waals surface area contributed by atoms with Gasteiger partial charge in [-0.05, 0) is 64.7 Å². The molecule has 36 heavy (non-hydrogen) atoms. The van der Waals surface area contributed by atoms with Crippen LogP contribution in [0.2, 0.25) is 0 Å². The SMILES string of the molecule is COc1cc(C=Cc2ccc(OC(C)=O)c(OC)c2)cc(C=Cc2ccc(OC(C)=O)c(OC)c2)c1. The first-order valence-electron chi connectivity index (χ1n) is 11.1. The van der Waals surface area contributed by atoms with E-state index in [0.29, 0.717) is 28.7 Å². The van der Waals surface area contributed by atoms with E-state index in [2.05, 4.69) is 0 Å². The molecule has 0 fully saturated rings. The normalized spacial score (nSPS) is 10.9. The second kappa shape index (κ2) is 12.3. The van der Waals surface area contributed by atoms with E-state index in [-0.39, 0.29) is 0 Å². The fourth-order valence-corrected chi connectivity index (χ4v) is 3.40. The number of hydrogen-bond acceptors (Lipinski definition) is 7. The summed E-state index contributed by atoms with van der Waals surface area (Å²) < 4.78 is 26.5. The van der Waals surface area contributed by atoms with Crippen molar-refractivity contribution < 1.29 is 33.3 Å². The van der Waals surface area contributed by atoms with Crippen molar-refractivity contribution in [2.75, 3.05) is 21.3 Å². The number of ether oxygens (including phenoxy) is 5. The topological polar surface area (TPSA) is 80.3 Å². The summed E-state index contributed by atoms with van der Waals surface area (Å²) >= 11 is 0. The monoisotopic (exact) mass is 488 g/mol. The van der Waals surface area contributed by atoms with Crippen molar-refractivity contribution in [1.82, 2.24) is 0 Å². The first-order chi connectivity index (χ1) is 17.3. The number of benzene rings is 3. The van der Waals surface area contributed by atoms with Gasteiger partial charge in [-0.2, -0.15) is 0 Å². The molecular formula is C29H28O7. The van der Waals surface area contributed by atoms with Crippen LogP contribution in [0.15, 0.2) is 54.6 Å². The third-order valence-corrected chi connectivity index (χ3v) is 5.01.